The Labute approximate surface area is 351 Å². The number of rotatable bonds is 7. The molecule has 11 aromatic rings. The quantitative estimate of drug-likeness (QED) is 0.142. The minimum Gasteiger partial charge on any atom is -0.0622 e. The predicted octanol–water partition coefficient (Wildman–Crippen LogP) is 16.8. The van der Waals surface area contributed by atoms with E-state index in [4.69, 9.17) is 0 Å². The topological polar surface area (TPSA) is 0 Å². The lowest BCUT2D eigenvalue weighted by atomic mass is 9.86. The largest absolute Gasteiger partial charge is 0.0622 e. The average molecular weight is 761 g/mol. The van der Waals surface area contributed by atoms with Crippen molar-refractivity contribution in [2.45, 2.75) is 0 Å². The van der Waals surface area contributed by atoms with Gasteiger partial charge in [0.05, 0.1) is 0 Å². The molecule has 0 spiro atoms. The zero-order chi connectivity index (χ0) is 39.8. The van der Waals surface area contributed by atoms with E-state index in [1.165, 1.54) is 110 Å². The number of fused-ring (bicyclic) bond motifs is 5. The van der Waals surface area contributed by atoms with Crippen molar-refractivity contribution in [3.8, 4) is 77.9 Å². The van der Waals surface area contributed by atoms with Crippen LogP contribution in [-0.4, -0.2) is 0 Å². The highest BCUT2D eigenvalue weighted by Gasteiger charge is 2.17. The lowest BCUT2D eigenvalue weighted by molar-refractivity contribution is 1.56. The molecule has 0 heteroatoms. The molecule has 0 aliphatic heterocycles. The molecule has 0 fully saturated rings. The van der Waals surface area contributed by atoms with Crippen LogP contribution < -0.4 is 0 Å². The maximum atomic E-state index is 2.44. The molecule has 11 aromatic carbocycles. The van der Waals surface area contributed by atoms with Crippen LogP contribution in [0.15, 0.2) is 243 Å². The van der Waals surface area contributed by atoms with Crippen molar-refractivity contribution in [2.24, 2.45) is 0 Å². The molecular formula is C60H40. The summed E-state index contributed by atoms with van der Waals surface area (Å²) < 4.78 is 0. The van der Waals surface area contributed by atoms with Gasteiger partial charge in [0.1, 0.15) is 0 Å². The first kappa shape index (κ1) is 35.4. The fourth-order valence-electron chi connectivity index (χ4n) is 9.04. The van der Waals surface area contributed by atoms with Gasteiger partial charge in [0, 0.05) is 0 Å². The molecule has 0 nitrogen and oxygen atoms in total. The Morgan fingerprint density at radius 2 is 0.383 bits per heavy atom. The first-order valence-electron chi connectivity index (χ1n) is 20.7. The molecule has 0 radical (unpaired) electrons. The second-order valence-corrected chi connectivity index (χ2v) is 15.7. The zero-order valence-electron chi connectivity index (χ0n) is 33.1. The van der Waals surface area contributed by atoms with E-state index >= 15 is 0 Å². The highest BCUT2D eigenvalue weighted by molar-refractivity contribution is 6.24. The van der Waals surface area contributed by atoms with E-state index in [-0.39, 0.29) is 0 Å². The van der Waals surface area contributed by atoms with Gasteiger partial charge in [-0.25, -0.2) is 0 Å². The molecule has 11 rings (SSSR count). The molecule has 0 aliphatic carbocycles. The highest BCUT2D eigenvalue weighted by Crippen LogP contribution is 2.44. The van der Waals surface area contributed by atoms with Crippen LogP contribution in [0.1, 0.15) is 0 Å². The van der Waals surface area contributed by atoms with Gasteiger partial charge < -0.3 is 0 Å². The van der Waals surface area contributed by atoms with Crippen molar-refractivity contribution in [1.82, 2.24) is 0 Å². The molecule has 0 heterocycles. The van der Waals surface area contributed by atoms with E-state index < -0.39 is 0 Å². The third-order valence-corrected chi connectivity index (χ3v) is 12.0. The standard InChI is InChI=1S/C60H40/c1-5-17-41(18-6-1)47-33-48(42-19-7-2-8-20-42)35-49(34-47)45-29-31-46(32-30-45)57-39-59-56-28-16-14-26-54(56)58(40-60(59)55-27-15-13-25-53(55)57)52-37-50(43-21-9-3-10-22-43)36-51(38-52)44-23-11-4-12-24-44/h1-40H. The third-order valence-electron chi connectivity index (χ3n) is 12.0. The second kappa shape index (κ2) is 15.2. The summed E-state index contributed by atoms with van der Waals surface area (Å²) in [6.45, 7) is 0. The van der Waals surface area contributed by atoms with Crippen molar-refractivity contribution in [3.05, 3.63) is 243 Å². The Morgan fingerprint density at radius 1 is 0.133 bits per heavy atom. The van der Waals surface area contributed by atoms with Gasteiger partial charge >= 0.3 is 0 Å². The summed E-state index contributed by atoms with van der Waals surface area (Å²) in [4.78, 5) is 0. The third kappa shape index (κ3) is 6.55. The molecule has 0 saturated carbocycles. The molecule has 0 aliphatic rings. The van der Waals surface area contributed by atoms with Crippen LogP contribution in [-0.2, 0) is 0 Å². The lowest BCUT2D eigenvalue weighted by Crippen LogP contribution is -1.91. The van der Waals surface area contributed by atoms with Crippen molar-refractivity contribution in [1.29, 1.82) is 0 Å². The second-order valence-electron chi connectivity index (χ2n) is 15.7. The summed E-state index contributed by atoms with van der Waals surface area (Å²) in [5.41, 5.74) is 17.0. The summed E-state index contributed by atoms with van der Waals surface area (Å²) in [6.07, 6.45) is 0. The molecule has 0 saturated heterocycles. The maximum absolute atomic E-state index is 2.44. The van der Waals surface area contributed by atoms with Gasteiger partial charge in [-0.1, -0.05) is 194 Å². The molecule has 280 valence electrons. The van der Waals surface area contributed by atoms with Crippen LogP contribution in [0, 0.1) is 0 Å². The number of hydrogen-bond acceptors (Lipinski definition) is 0. The smallest absolute Gasteiger partial charge is 0.00923 e. The molecular weight excluding hydrogens is 721 g/mol. The van der Waals surface area contributed by atoms with Crippen LogP contribution in [0.5, 0.6) is 0 Å². The van der Waals surface area contributed by atoms with Gasteiger partial charge in [0.25, 0.3) is 0 Å². The highest BCUT2D eigenvalue weighted by atomic mass is 14.2. The van der Waals surface area contributed by atoms with Crippen LogP contribution in [0.25, 0.3) is 110 Å². The summed E-state index contributed by atoms with van der Waals surface area (Å²) in [7, 11) is 0. The van der Waals surface area contributed by atoms with E-state index in [1.54, 1.807) is 0 Å². The first-order chi connectivity index (χ1) is 29.7. The van der Waals surface area contributed by atoms with Crippen molar-refractivity contribution < 1.29 is 0 Å². The minimum atomic E-state index is 1.20. The summed E-state index contributed by atoms with van der Waals surface area (Å²) in [6, 6.07) is 88.8. The maximum Gasteiger partial charge on any atom is -0.00923 e. The Kier molecular flexibility index (Phi) is 8.95. The molecule has 0 amide bonds. The van der Waals surface area contributed by atoms with Gasteiger partial charge in [0.2, 0.25) is 0 Å². The Balaban J connectivity index is 1.07. The summed E-state index contributed by atoms with van der Waals surface area (Å²) >= 11 is 0. The fourth-order valence-corrected chi connectivity index (χ4v) is 9.04. The summed E-state index contributed by atoms with van der Waals surface area (Å²) in [5.74, 6) is 0. The molecule has 0 unspecified atom stereocenters. The van der Waals surface area contributed by atoms with Crippen molar-refractivity contribution >= 4 is 32.3 Å². The van der Waals surface area contributed by atoms with E-state index in [0.29, 0.717) is 0 Å². The van der Waals surface area contributed by atoms with E-state index in [0.717, 1.165) is 0 Å². The fraction of sp³-hybridized carbons (Fsp3) is 0. The monoisotopic (exact) mass is 760 g/mol. The molecule has 60 heavy (non-hydrogen) atoms. The van der Waals surface area contributed by atoms with E-state index in [2.05, 4.69) is 243 Å². The van der Waals surface area contributed by atoms with Crippen LogP contribution in [0.3, 0.4) is 0 Å². The van der Waals surface area contributed by atoms with Crippen molar-refractivity contribution in [3.63, 3.8) is 0 Å². The molecule has 0 N–H and O–H groups in total. The number of hydrogen-bond donors (Lipinski definition) is 0. The molecule has 0 atom stereocenters. The Bertz CT molecular complexity index is 3190. The van der Waals surface area contributed by atoms with Gasteiger partial charge in [-0.2, -0.15) is 0 Å². The molecule has 0 bridgehead atoms. The van der Waals surface area contributed by atoms with E-state index in [1.807, 2.05) is 0 Å². The number of benzene rings is 11. The normalized spacial score (nSPS) is 11.3. The van der Waals surface area contributed by atoms with E-state index in [9.17, 15) is 0 Å². The van der Waals surface area contributed by atoms with Gasteiger partial charge in [-0.05, 0) is 159 Å². The van der Waals surface area contributed by atoms with Crippen LogP contribution in [0.2, 0.25) is 0 Å². The zero-order valence-corrected chi connectivity index (χ0v) is 33.1. The minimum absolute atomic E-state index is 1.20. The average Bonchev–Trinajstić information content (AvgIpc) is 3.34. The summed E-state index contributed by atoms with van der Waals surface area (Å²) in [5, 5.41) is 7.53. The first-order valence-corrected chi connectivity index (χ1v) is 20.7. The lowest BCUT2D eigenvalue weighted by Gasteiger charge is -2.17. The van der Waals surface area contributed by atoms with Crippen molar-refractivity contribution in [2.75, 3.05) is 0 Å². The van der Waals surface area contributed by atoms with Gasteiger partial charge in [-0.15, -0.1) is 0 Å². The van der Waals surface area contributed by atoms with Gasteiger partial charge in [-0.3, -0.25) is 0 Å². The Morgan fingerprint density at radius 3 is 0.733 bits per heavy atom. The van der Waals surface area contributed by atoms with Crippen LogP contribution in [0.4, 0.5) is 0 Å². The van der Waals surface area contributed by atoms with Crippen LogP contribution >= 0.6 is 0 Å². The Hall–Kier alpha value is -7.80. The van der Waals surface area contributed by atoms with Gasteiger partial charge in [0.15, 0.2) is 0 Å². The molecule has 0 aromatic heterocycles. The predicted molar refractivity (Wildman–Crippen MR) is 257 cm³/mol. The SMILES string of the molecule is c1ccc(-c2cc(-c3ccccc3)cc(-c3ccc(-c4cc5c6ccccc6c(-c6cc(-c7ccccc7)cc(-c7ccccc7)c6)cc5c5ccccc45)cc3)c2)cc1.